The number of likely N-dealkylation sites (tertiary alicyclic amines) is 1. The van der Waals surface area contributed by atoms with Crippen molar-refractivity contribution < 1.29 is 0 Å². The van der Waals surface area contributed by atoms with Crippen LogP contribution in [0.1, 0.15) is 60.3 Å². The lowest BCUT2D eigenvalue weighted by Crippen LogP contribution is -2.19. The van der Waals surface area contributed by atoms with Gasteiger partial charge in [-0.2, -0.15) is 0 Å². The summed E-state index contributed by atoms with van der Waals surface area (Å²) in [6.07, 6.45) is 5.43. The van der Waals surface area contributed by atoms with E-state index in [-0.39, 0.29) is 0 Å². The molecule has 1 aliphatic rings. The zero-order valence-electron chi connectivity index (χ0n) is 10.4. The summed E-state index contributed by atoms with van der Waals surface area (Å²) >= 11 is 0. The first kappa shape index (κ1) is 15.4. The van der Waals surface area contributed by atoms with Gasteiger partial charge in [-0.3, -0.25) is 0 Å². The van der Waals surface area contributed by atoms with Crippen LogP contribution in [0.5, 0.6) is 0 Å². The summed E-state index contributed by atoms with van der Waals surface area (Å²) in [4.78, 5) is 2.54. The smallest absolute Gasteiger partial charge is 0.00183 e. The lowest BCUT2D eigenvalue weighted by molar-refractivity contribution is 0.339. The van der Waals surface area contributed by atoms with Crippen molar-refractivity contribution >= 4 is 0 Å². The second kappa shape index (κ2) is 14.5. The van der Waals surface area contributed by atoms with Crippen molar-refractivity contribution in [3.8, 4) is 0 Å². The number of nitrogens with zero attached hydrogens (tertiary/aromatic N) is 1. The molecule has 0 amide bonds. The molecule has 0 aromatic rings. The Morgan fingerprint density at radius 1 is 0.923 bits per heavy atom. The molecule has 1 saturated heterocycles. The molecule has 1 heterocycles. The van der Waals surface area contributed by atoms with Crippen LogP contribution in [0.2, 0.25) is 0 Å². The van der Waals surface area contributed by atoms with Gasteiger partial charge in [0.25, 0.3) is 0 Å². The molecule has 0 aromatic heterocycles. The molecule has 1 fully saturated rings. The summed E-state index contributed by atoms with van der Waals surface area (Å²) in [5.74, 6) is 0. The largest absolute Gasteiger partial charge is 0.303 e. The maximum Gasteiger partial charge on any atom is -0.00183 e. The van der Waals surface area contributed by atoms with Gasteiger partial charge in [-0.15, -0.1) is 0 Å². The van der Waals surface area contributed by atoms with Crippen molar-refractivity contribution in [3.63, 3.8) is 0 Å². The average molecular weight is 187 g/mol. The normalized spacial score (nSPS) is 15.5. The number of hydrogen-bond acceptors (Lipinski definition) is 1. The molecule has 0 aromatic carbocycles. The van der Waals surface area contributed by atoms with Crippen LogP contribution in [0.15, 0.2) is 0 Å². The van der Waals surface area contributed by atoms with Crippen molar-refractivity contribution in [2.75, 3.05) is 19.6 Å². The molecule has 1 heteroatoms. The molecule has 1 nitrogen and oxygen atoms in total. The van der Waals surface area contributed by atoms with Gasteiger partial charge in [0.2, 0.25) is 0 Å². The summed E-state index contributed by atoms with van der Waals surface area (Å²) in [5, 5.41) is 0. The molecule has 0 atom stereocenters. The topological polar surface area (TPSA) is 3.24 Å². The summed E-state index contributed by atoms with van der Waals surface area (Å²) in [7, 11) is 0. The van der Waals surface area contributed by atoms with Gasteiger partial charge in [0.05, 0.1) is 0 Å². The van der Waals surface area contributed by atoms with E-state index < -0.39 is 0 Å². The van der Waals surface area contributed by atoms with E-state index >= 15 is 0 Å². The van der Waals surface area contributed by atoms with Crippen LogP contribution >= 0.6 is 0 Å². The first-order chi connectivity index (χ1) is 6.35. The van der Waals surface area contributed by atoms with Gasteiger partial charge >= 0.3 is 0 Å². The molecule has 0 bridgehead atoms. The van der Waals surface area contributed by atoms with Gasteiger partial charge in [-0.05, 0) is 38.9 Å². The van der Waals surface area contributed by atoms with E-state index in [1.54, 1.807) is 0 Å². The lowest BCUT2D eigenvalue weighted by Gasteiger charge is -2.11. The van der Waals surface area contributed by atoms with Crippen LogP contribution in [-0.4, -0.2) is 24.5 Å². The average Bonchev–Trinajstić information content (AvgIpc) is 2.63. The lowest BCUT2D eigenvalue weighted by atomic mass is 10.4. The number of hydrogen-bond donors (Lipinski definition) is 0. The Morgan fingerprint density at radius 3 is 1.62 bits per heavy atom. The van der Waals surface area contributed by atoms with Crippen LogP contribution in [0, 0.1) is 0 Å². The van der Waals surface area contributed by atoms with Crippen LogP contribution in [-0.2, 0) is 0 Å². The second-order valence-electron chi connectivity index (χ2n) is 3.26. The van der Waals surface area contributed by atoms with Crippen LogP contribution in [0.3, 0.4) is 0 Å². The van der Waals surface area contributed by atoms with Gasteiger partial charge in [0, 0.05) is 0 Å². The van der Waals surface area contributed by atoms with E-state index in [1.165, 1.54) is 45.3 Å². The fourth-order valence-electron chi connectivity index (χ4n) is 1.32. The third-order valence-electron chi connectivity index (χ3n) is 1.74. The molecule has 1 aliphatic heterocycles. The van der Waals surface area contributed by atoms with Crippen molar-refractivity contribution in [2.45, 2.75) is 60.3 Å². The summed E-state index contributed by atoms with van der Waals surface area (Å²) < 4.78 is 0. The molecular weight excluding hydrogens is 158 g/mol. The highest BCUT2D eigenvalue weighted by atomic mass is 15.1. The highest BCUT2D eigenvalue weighted by Crippen LogP contribution is 2.06. The van der Waals surface area contributed by atoms with E-state index in [4.69, 9.17) is 0 Å². The highest BCUT2D eigenvalue weighted by Gasteiger charge is 2.08. The van der Waals surface area contributed by atoms with Crippen molar-refractivity contribution in [2.24, 2.45) is 0 Å². The highest BCUT2D eigenvalue weighted by molar-refractivity contribution is 4.64. The Kier molecular flexibility index (Phi) is 17.2. The molecule has 0 spiro atoms. The maximum absolute atomic E-state index is 2.54. The molecule has 82 valence electrons. The predicted molar refractivity (Wildman–Crippen MR) is 63.3 cm³/mol. The van der Waals surface area contributed by atoms with Crippen molar-refractivity contribution in [1.82, 2.24) is 4.90 Å². The van der Waals surface area contributed by atoms with E-state index in [0.717, 1.165) is 0 Å². The monoisotopic (exact) mass is 187 g/mol. The Morgan fingerprint density at radius 2 is 1.31 bits per heavy atom. The van der Waals surface area contributed by atoms with Crippen molar-refractivity contribution in [3.05, 3.63) is 0 Å². The zero-order valence-corrected chi connectivity index (χ0v) is 10.4. The minimum Gasteiger partial charge on any atom is -0.303 e. The first-order valence-corrected chi connectivity index (χ1v) is 6.07. The molecule has 0 unspecified atom stereocenters. The number of rotatable bonds is 2. The standard InChI is InChI=1S/C7H15N.C3H8.C2H6/c1-2-5-8-6-3-4-7-8;1-3-2;1-2/h2-7H2,1H3;3H2,1-2H3;1-2H3. The van der Waals surface area contributed by atoms with E-state index in [2.05, 4.69) is 25.7 Å². The fraction of sp³-hybridized carbons (Fsp3) is 1.00. The second-order valence-corrected chi connectivity index (χ2v) is 3.26. The van der Waals surface area contributed by atoms with Crippen LogP contribution < -0.4 is 0 Å². The summed E-state index contributed by atoms with van der Waals surface area (Å²) in [6, 6.07) is 0. The van der Waals surface area contributed by atoms with E-state index in [9.17, 15) is 0 Å². The fourth-order valence-corrected chi connectivity index (χ4v) is 1.32. The van der Waals surface area contributed by atoms with Crippen LogP contribution in [0.4, 0.5) is 0 Å². The zero-order chi connectivity index (χ0) is 10.5. The van der Waals surface area contributed by atoms with Crippen molar-refractivity contribution in [1.29, 1.82) is 0 Å². The van der Waals surface area contributed by atoms with Gasteiger partial charge in [0.1, 0.15) is 0 Å². The Labute approximate surface area is 85.5 Å². The molecule has 1 rings (SSSR count). The summed E-state index contributed by atoms with van der Waals surface area (Å²) in [6.45, 7) is 14.5. The van der Waals surface area contributed by atoms with Crippen LogP contribution in [0.25, 0.3) is 0 Å². The van der Waals surface area contributed by atoms with E-state index in [1.807, 2.05) is 13.8 Å². The molecule has 0 saturated carbocycles. The Bertz CT molecular complexity index is 65.5. The minimum absolute atomic E-state index is 1.25. The molecular formula is C12H29N. The predicted octanol–water partition coefficient (Wildman–Crippen LogP) is 3.93. The van der Waals surface area contributed by atoms with Gasteiger partial charge in [-0.1, -0.05) is 41.0 Å². The third-order valence-corrected chi connectivity index (χ3v) is 1.74. The van der Waals surface area contributed by atoms with Gasteiger partial charge in [-0.25, -0.2) is 0 Å². The Hall–Kier alpha value is -0.0400. The van der Waals surface area contributed by atoms with Gasteiger partial charge in [0.15, 0.2) is 0 Å². The molecule has 0 N–H and O–H groups in total. The molecule has 0 radical (unpaired) electrons. The molecule has 0 aliphatic carbocycles. The minimum atomic E-state index is 1.25. The Balaban J connectivity index is 0. The van der Waals surface area contributed by atoms with E-state index in [0.29, 0.717) is 0 Å². The third kappa shape index (κ3) is 12.0. The first-order valence-electron chi connectivity index (χ1n) is 6.07. The van der Waals surface area contributed by atoms with Gasteiger partial charge < -0.3 is 4.90 Å². The summed E-state index contributed by atoms with van der Waals surface area (Å²) in [5.41, 5.74) is 0. The quantitative estimate of drug-likeness (QED) is 0.633. The maximum atomic E-state index is 2.54. The molecule has 13 heavy (non-hydrogen) atoms. The SMILES string of the molecule is CC.CCC.CCCN1CCCC1.